The fourth-order valence-corrected chi connectivity index (χ4v) is 1.34. The second kappa shape index (κ2) is 5.97. The summed E-state index contributed by atoms with van der Waals surface area (Å²) in [6.45, 7) is 1.31. The fourth-order valence-electron chi connectivity index (χ4n) is 1.34. The van der Waals surface area contributed by atoms with Crippen molar-refractivity contribution in [3.8, 4) is 0 Å². The predicted molar refractivity (Wildman–Crippen MR) is 54.8 cm³/mol. The summed E-state index contributed by atoms with van der Waals surface area (Å²) in [7, 11) is 0. The zero-order valence-corrected chi connectivity index (χ0v) is 9.22. The maximum atomic E-state index is 12.9. The molecule has 1 aromatic rings. The monoisotopic (exact) mass is 251 g/mol. The molecule has 1 aromatic carbocycles. The van der Waals surface area contributed by atoms with Gasteiger partial charge in [-0.3, -0.25) is 4.74 Å². The lowest BCUT2D eigenvalue weighted by Crippen LogP contribution is -2.26. The molecule has 0 saturated heterocycles. The predicted octanol–water partition coefficient (Wildman–Crippen LogP) is 3.01. The van der Waals surface area contributed by atoms with Crippen molar-refractivity contribution in [3.63, 3.8) is 0 Å². The lowest BCUT2D eigenvalue weighted by Gasteiger charge is -2.14. The molecular formula is C11H13F4NO. The summed E-state index contributed by atoms with van der Waals surface area (Å²) in [5, 5.41) is 2.81. The quantitative estimate of drug-likeness (QED) is 0.641. The van der Waals surface area contributed by atoms with Gasteiger partial charge < -0.3 is 5.32 Å². The van der Waals surface area contributed by atoms with Gasteiger partial charge in [-0.15, -0.1) is 13.2 Å². The van der Waals surface area contributed by atoms with Gasteiger partial charge >= 0.3 is 6.36 Å². The minimum Gasteiger partial charge on any atom is -0.308 e. The molecule has 0 fully saturated rings. The SMILES string of the molecule is CC(NCCOC(F)(F)F)c1cccc(F)c1. The van der Waals surface area contributed by atoms with E-state index in [2.05, 4.69) is 10.1 Å². The Balaban J connectivity index is 2.33. The van der Waals surface area contributed by atoms with Crippen molar-refractivity contribution < 1.29 is 22.3 Å². The van der Waals surface area contributed by atoms with E-state index in [0.29, 0.717) is 5.56 Å². The first-order valence-corrected chi connectivity index (χ1v) is 5.08. The van der Waals surface area contributed by atoms with Crippen LogP contribution < -0.4 is 5.32 Å². The normalized spacial score (nSPS) is 13.7. The standard InChI is InChI=1S/C11H13F4NO/c1-8(9-3-2-4-10(12)7-9)16-5-6-17-11(13,14)15/h2-4,7-8,16H,5-6H2,1H3. The molecule has 0 amide bonds. The molecule has 1 N–H and O–H groups in total. The maximum Gasteiger partial charge on any atom is 0.522 e. The van der Waals surface area contributed by atoms with Crippen molar-refractivity contribution in [3.05, 3.63) is 35.6 Å². The summed E-state index contributed by atoms with van der Waals surface area (Å²) in [6.07, 6.45) is -4.61. The molecule has 96 valence electrons. The summed E-state index contributed by atoms with van der Waals surface area (Å²) in [6, 6.07) is 5.66. The number of hydrogen-bond donors (Lipinski definition) is 1. The summed E-state index contributed by atoms with van der Waals surface area (Å²) in [5.74, 6) is -0.373. The van der Waals surface area contributed by atoms with Crippen molar-refractivity contribution in [1.82, 2.24) is 5.32 Å². The van der Waals surface area contributed by atoms with E-state index in [-0.39, 0.29) is 18.4 Å². The molecule has 17 heavy (non-hydrogen) atoms. The number of benzene rings is 1. The molecule has 0 spiro atoms. The molecule has 0 aliphatic heterocycles. The Morgan fingerprint density at radius 1 is 1.35 bits per heavy atom. The first-order chi connectivity index (χ1) is 7.88. The average Bonchev–Trinajstić information content (AvgIpc) is 2.23. The molecule has 0 heterocycles. The third-order valence-electron chi connectivity index (χ3n) is 2.17. The zero-order chi connectivity index (χ0) is 12.9. The van der Waals surface area contributed by atoms with Gasteiger partial charge in [0.25, 0.3) is 0 Å². The molecule has 0 bridgehead atoms. The van der Waals surface area contributed by atoms with Crippen molar-refractivity contribution in [2.45, 2.75) is 19.3 Å². The van der Waals surface area contributed by atoms with E-state index in [1.165, 1.54) is 12.1 Å². The molecule has 1 atom stereocenters. The summed E-state index contributed by atoms with van der Waals surface area (Å²) < 4.78 is 51.4. The summed E-state index contributed by atoms with van der Waals surface area (Å²) in [5.41, 5.74) is 0.678. The second-order valence-electron chi connectivity index (χ2n) is 3.53. The van der Waals surface area contributed by atoms with Crippen LogP contribution in [0.5, 0.6) is 0 Å². The molecule has 1 unspecified atom stereocenters. The lowest BCUT2D eigenvalue weighted by molar-refractivity contribution is -0.323. The fraction of sp³-hybridized carbons (Fsp3) is 0.455. The zero-order valence-electron chi connectivity index (χ0n) is 9.22. The van der Waals surface area contributed by atoms with E-state index in [9.17, 15) is 17.6 Å². The highest BCUT2D eigenvalue weighted by atomic mass is 19.4. The van der Waals surface area contributed by atoms with Crippen molar-refractivity contribution in [1.29, 1.82) is 0 Å². The van der Waals surface area contributed by atoms with E-state index in [4.69, 9.17) is 0 Å². The van der Waals surface area contributed by atoms with Gasteiger partial charge in [-0.05, 0) is 24.6 Å². The Labute approximate surface area is 96.6 Å². The smallest absolute Gasteiger partial charge is 0.308 e. The van der Waals surface area contributed by atoms with Crippen LogP contribution in [0, 0.1) is 5.82 Å². The molecule has 6 heteroatoms. The Morgan fingerprint density at radius 3 is 2.65 bits per heavy atom. The van der Waals surface area contributed by atoms with Gasteiger partial charge in [0.05, 0.1) is 6.61 Å². The Kier molecular flexibility index (Phi) is 4.89. The van der Waals surface area contributed by atoms with Crippen LogP contribution in [0.4, 0.5) is 17.6 Å². The second-order valence-corrected chi connectivity index (χ2v) is 3.53. The van der Waals surface area contributed by atoms with Gasteiger partial charge in [0, 0.05) is 12.6 Å². The highest BCUT2D eigenvalue weighted by Gasteiger charge is 2.28. The van der Waals surface area contributed by atoms with Gasteiger partial charge in [-0.1, -0.05) is 12.1 Å². The third kappa shape index (κ3) is 5.65. The minimum atomic E-state index is -4.61. The van der Waals surface area contributed by atoms with Crippen LogP contribution in [0.15, 0.2) is 24.3 Å². The minimum absolute atomic E-state index is 0.0389. The molecule has 0 aliphatic carbocycles. The highest BCUT2D eigenvalue weighted by molar-refractivity contribution is 5.19. The van der Waals surface area contributed by atoms with Crippen molar-refractivity contribution in [2.24, 2.45) is 0 Å². The average molecular weight is 251 g/mol. The number of alkyl halides is 3. The van der Waals surface area contributed by atoms with Crippen LogP contribution >= 0.6 is 0 Å². The Morgan fingerprint density at radius 2 is 2.06 bits per heavy atom. The van der Waals surface area contributed by atoms with E-state index in [1.54, 1.807) is 19.1 Å². The van der Waals surface area contributed by atoms with E-state index < -0.39 is 13.0 Å². The maximum absolute atomic E-state index is 12.9. The highest BCUT2D eigenvalue weighted by Crippen LogP contribution is 2.16. The van der Waals surface area contributed by atoms with Crippen molar-refractivity contribution >= 4 is 0 Å². The first-order valence-electron chi connectivity index (χ1n) is 5.08. The van der Waals surface area contributed by atoms with Gasteiger partial charge in [0.2, 0.25) is 0 Å². The first kappa shape index (κ1) is 13.9. The molecule has 0 radical (unpaired) electrons. The van der Waals surface area contributed by atoms with Gasteiger partial charge in [0.15, 0.2) is 0 Å². The summed E-state index contributed by atoms with van der Waals surface area (Å²) in [4.78, 5) is 0. The van der Waals surface area contributed by atoms with E-state index in [0.717, 1.165) is 0 Å². The summed E-state index contributed by atoms with van der Waals surface area (Å²) >= 11 is 0. The molecule has 2 nitrogen and oxygen atoms in total. The van der Waals surface area contributed by atoms with Crippen LogP contribution in [0.3, 0.4) is 0 Å². The van der Waals surface area contributed by atoms with E-state index in [1.807, 2.05) is 0 Å². The van der Waals surface area contributed by atoms with Gasteiger partial charge in [-0.2, -0.15) is 0 Å². The Bertz CT molecular complexity index is 354. The molecule has 0 saturated carbocycles. The Hall–Kier alpha value is -1.14. The van der Waals surface area contributed by atoms with E-state index >= 15 is 0 Å². The van der Waals surface area contributed by atoms with Gasteiger partial charge in [0.1, 0.15) is 5.82 Å². The topological polar surface area (TPSA) is 21.3 Å². The number of hydrogen-bond acceptors (Lipinski definition) is 2. The molecule has 1 rings (SSSR count). The number of ether oxygens (including phenoxy) is 1. The van der Waals surface area contributed by atoms with Crippen LogP contribution in [-0.4, -0.2) is 19.5 Å². The molecular weight excluding hydrogens is 238 g/mol. The molecule has 0 aliphatic rings. The number of rotatable bonds is 5. The van der Waals surface area contributed by atoms with Crippen LogP contribution in [0.25, 0.3) is 0 Å². The van der Waals surface area contributed by atoms with Crippen LogP contribution in [-0.2, 0) is 4.74 Å². The van der Waals surface area contributed by atoms with Crippen LogP contribution in [0.1, 0.15) is 18.5 Å². The van der Waals surface area contributed by atoms with Crippen LogP contribution in [0.2, 0.25) is 0 Å². The van der Waals surface area contributed by atoms with Gasteiger partial charge in [-0.25, -0.2) is 4.39 Å². The van der Waals surface area contributed by atoms with Crippen molar-refractivity contribution in [2.75, 3.05) is 13.2 Å². The molecule has 0 aromatic heterocycles. The lowest BCUT2D eigenvalue weighted by atomic mass is 10.1. The third-order valence-corrected chi connectivity index (χ3v) is 2.17. The largest absolute Gasteiger partial charge is 0.522 e. The number of nitrogens with one attached hydrogen (secondary N) is 1. The number of halogens is 4.